The second kappa shape index (κ2) is 7.28. The second-order valence-corrected chi connectivity index (χ2v) is 10.3. The highest BCUT2D eigenvalue weighted by Crippen LogP contribution is 2.28. The minimum Gasteiger partial charge on any atom is -0.340 e. The standard InChI is InChI=1S/C13H18ClN3O3S3/c14-11-2-3-12(22-11)23(19,20)17-5-1-4-16(6-7-17)13(18)10-8-21-9-15-10/h2-3,10,15H,1,4-9H2. The van der Waals surface area contributed by atoms with Crippen LogP contribution in [0.1, 0.15) is 6.42 Å². The zero-order chi connectivity index (χ0) is 16.4. The smallest absolute Gasteiger partial charge is 0.252 e. The molecule has 0 spiro atoms. The van der Waals surface area contributed by atoms with E-state index >= 15 is 0 Å². The highest BCUT2D eigenvalue weighted by molar-refractivity contribution is 7.99. The van der Waals surface area contributed by atoms with Crippen molar-refractivity contribution in [2.75, 3.05) is 37.8 Å². The molecule has 3 rings (SSSR count). The quantitative estimate of drug-likeness (QED) is 0.835. The van der Waals surface area contributed by atoms with Gasteiger partial charge in [-0.2, -0.15) is 4.31 Å². The van der Waals surface area contributed by atoms with Gasteiger partial charge in [-0.25, -0.2) is 8.42 Å². The number of hydrogen-bond donors (Lipinski definition) is 1. The van der Waals surface area contributed by atoms with Crippen molar-refractivity contribution in [2.45, 2.75) is 16.7 Å². The van der Waals surface area contributed by atoms with Crippen molar-refractivity contribution < 1.29 is 13.2 Å². The number of rotatable bonds is 3. The van der Waals surface area contributed by atoms with Gasteiger partial charge in [-0.3, -0.25) is 10.1 Å². The van der Waals surface area contributed by atoms with Crippen LogP contribution in [0.2, 0.25) is 4.34 Å². The number of carbonyl (C=O) groups excluding carboxylic acids is 1. The molecule has 3 heterocycles. The Bertz CT molecular complexity index is 673. The van der Waals surface area contributed by atoms with Crippen molar-refractivity contribution in [3.05, 3.63) is 16.5 Å². The Labute approximate surface area is 149 Å². The summed E-state index contributed by atoms with van der Waals surface area (Å²) >= 11 is 8.62. The Balaban J connectivity index is 1.67. The predicted molar refractivity (Wildman–Crippen MR) is 93.5 cm³/mol. The van der Waals surface area contributed by atoms with Crippen molar-refractivity contribution in [3.63, 3.8) is 0 Å². The molecule has 1 unspecified atom stereocenters. The third-order valence-corrected chi connectivity index (χ3v) is 8.46. The molecule has 0 bridgehead atoms. The van der Waals surface area contributed by atoms with E-state index in [1.54, 1.807) is 22.7 Å². The van der Waals surface area contributed by atoms with Gasteiger partial charge in [0, 0.05) is 37.8 Å². The molecule has 1 N–H and O–H groups in total. The number of hydrogen-bond acceptors (Lipinski definition) is 6. The molecule has 10 heteroatoms. The maximum Gasteiger partial charge on any atom is 0.252 e. The molecule has 0 saturated carbocycles. The Kier molecular flexibility index (Phi) is 5.54. The van der Waals surface area contributed by atoms with Crippen LogP contribution in [0, 0.1) is 0 Å². The van der Waals surface area contributed by atoms with Gasteiger partial charge < -0.3 is 4.90 Å². The van der Waals surface area contributed by atoms with Crippen molar-refractivity contribution in [1.29, 1.82) is 0 Å². The number of nitrogens with zero attached hydrogens (tertiary/aromatic N) is 2. The second-order valence-electron chi connectivity index (χ2n) is 5.41. The average molecular weight is 396 g/mol. The van der Waals surface area contributed by atoms with Gasteiger partial charge in [-0.1, -0.05) is 11.6 Å². The first kappa shape index (κ1) is 17.5. The van der Waals surface area contributed by atoms with E-state index in [1.807, 2.05) is 0 Å². The van der Waals surface area contributed by atoms with Crippen LogP contribution in [0.4, 0.5) is 0 Å². The summed E-state index contributed by atoms with van der Waals surface area (Å²) < 4.78 is 27.5. The first-order chi connectivity index (χ1) is 11.0. The average Bonchev–Trinajstić information content (AvgIpc) is 3.13. The molecular weight excluding hydrogens is 378 g/mol. The molecule has 23 heavy (non-hydrogen) atoms. The lowest BCUT2D eigenvalue weighted by atomic mass is 10.2. The molecule has 2 saturated heterocycles. The zero-order valence-corrected chi connectivity index (χ0v) is 15.6. The lowest BCUT2D eigenvalue weighted by Gasteiger charge is -2.24. The van der Waals surface area contributed by atoms with E-state index in [-0.39, 0.29) is 16.2 Å². The fraction of sp³-hybridized carbons (Fsp3) is 0.615. The third-order valence-electron chi connectivity index (χ3n) is 3.92. The van der Waals surface area contributed by atoms with Crippen LogP contribution >= 0.6 is 34.7 Å². The molecule has 2 aliphatic heterocycles. The molecule has 0 aromatic carbocycles. The van der Waals surface area contributed by atoms with E-state index in [2.05, 4.69) is 5.32 Å². The fourth-order valence-corrected chi connectivity index (χ4v) is 6.73. The number of thiophene rings is 1. The number of amides is 1. The topological polar surface area (TPSA) is 69.7 Å². The number of halogens is 1. The molecule has 2 fully saturated rings. The maximum atomic E-state index is 12.6. The highest BCUT2D eigenvalue weighted by atomic mass is 35.5. The molecule has 1 atom stereocenters. The number of thioether (sulfide) groups is 1. The van der Waals surface area contributed by atoms with Gasteiger partial charge in [0.2, 0.25) is 5.91 Å². The molecule has 0 aliphatic carbocycles. The van der Waals surface area contributed by atoms with Crippen LogP contribution in [-0.4, -0.2) is 67.4 Å². The molecule has 1 aromatic heterocycles. The summed E-state index contributed by atoms with van der Waals surface area (Å²) in [5.74, 6) is 1.66. The van der Waals surface area contributed by atoms with Crippen LogP contribution in [-0.2, 0) is 14.8 Å². The van der Waals surface area contributed by atoms with Crippen LogP contribution < -0.4 is 5.32 Å². The zero-order valence-electron chi connectivity index (χ0n) is 12.4. The van der Waals surface area contributed by atoms with E-state index in [0.29, 0.717) is 36.9 Å². The summed E-state index contributed by atoms with van der Waals surface area (Å²) in [6.07, 6.45) is 0.643. The third kappa shape index (κ3) is 3.85. The Morgan fingerprint density at radius 3 is 2.74 bits per heavy atom. The normalized spacial score (nSPS) is 23.9. The van der Waals surface area contributed by atoms with Gasteiger partial charge in [0.25, 0.3) is 10.0 Å². The molecule has 1 amide bonds. The number of sulfonamides is 1. The summed E-state index contributed by atoms with van der Waals surface area (Å²) in [6, 6.07) is 2.99. The minimum atomic E-state index is -3.52. The SMILES string of the molecule is O=C(C1CSCN1)N1CCCN(S(=O)(=O)c2ccc(Cl)s2)CC1. The van der Waals surface area contributed by atoms with Crippen LogP contribution in [0.25, 0.3) is 0 Å². The first-order valence-corrected chi connectivity index (χ1v) is 11.1. The van der Waals surface area contributed by atoms with Gasteiger partial charge in [0.1, 0.15) is 4.21 Å². The lowest BCUT2D eigenvalue weighted by Crippen LogP contribution is -2.46. The maximum absolute atomic E-state index is 12.6. The van der Waals surface area contributed by atoms with E-state index in [0.717, 1.165) is 23.0 Å². The van der Waals surface area contributed by atoms with Gasteiger partial charge in [-0.15, -0.1) is 23.1 Å². The van der Waals surface area contributed by atoms with Crippen molar-refractivity contribution in [3.8, 4) is 0 Å². The Hall–Kier alpha value is -0.320. The predicted octanol–water partition coefficient (Wildman–Crippen LogP) is 1.29. The largest absolute Gasteiger partial charge is 0.340 e. The van der Waals surface area contributed by atoms with E-state index < -0.39 is 10.0 Å². The summed E-state index contributed by atoms with van der Waals surface area (Å²) in [5.41, 5.74) is 0. The molecule has 0 radical (unpaired) electrons. The van der Waals surface area contributed by atoms with Crippen molar-refractivity contribution in [1.82, 2.24) is 14.5 Å². The summed E-state index contributed by atoms with van der Waals surface area (Å²) in [4.78, 5) is 14.2. The fourth-order valence-electron chi connectivity index (χ4n) is 2.69. The van der Waals surface area contributed by atoms with E-state index in [1.165, 1.54) is 10.4 Å². The summed E-state index contributed by atoms with van der Waals surface area (Å²) in [6.45, 7) is 1.77. The summed E-state index contributed by atoms with van der Waals surface area (Å²) in [7, 11) is -3.52. The van der Waals surface area contributed by atoms with Crippen LogP contribution in [0.5, 0.6) is 0 Å². The number of nitrogens with one attached hydrogen (secondary N) is 1. The molecular formula is C13H18ClN3O3S3. The lowest BCUT2D eigenvalue weighted by molar-refractivity contribution is -0.132. The summed E-state index contributed by atoms with van der Waals surface area (Å²) in [5, 5.41) is 3.17. The van der Waals surface area contributed by atoms with Gasteiger partial charge in [0.05, 0.1) is 10.4 Å². The molecule has 1 aromatic rings. The van der Waals surface area contributed by atoms with E-state index in [4.69, 9.17) is 11.6 Å². The minimum absolute atomic E-state index is 0.0772. The van der Waals surface area contributed by atoms with Crippen LogP contribution in [0.3, 0.4) is 0 Å². The molecule has 128 valence electrons. The Morgan fingerprint density at radius 1 is 1.26 bits per heavy atom. The van der Waals surface area contributed by atoms with Crippen molar-refractivity contribution in [2.24, 2.45) is 0 Å². The first-order valence-electron chi connectivity index (χ1n) is 7.34. The molecule has 6 nitrogen and oxygen atoms in total. The van der Waals surface area contributed by atoms with Gasteiger partial charge in [0.15, 0.2) is 0 Å². The highest BCUT2D eigenvalue weighted by Gasteiger charge is 2.32. The Morgan fingerprint density at radius 2 is 2.09 bits per heavy atom. The van der Waals surface area contributed by atoms with Gasteiger partial charge >= 0.3 is 0 Å². The van der Waals surface area contributed by atoms with E-state index in [9.17, 15) is 13.2 Å². The van der Waals surface area contributed by atoms with Crippen LogP contribution in [0.15, 0.2) is 16.3 Å². The van der Waals surface area contributed by atoms with Crippen molar-refractivity contribution >= 4 is 50.6 Å². The number of carbonyl (C=O) groups is 1. The monoisotopic (exact) mass is 395 g/mol. The molecule has 2 aliphatic rings. The van der Waals surface area contributed by atoms with Gasteiger partial charge in [-0.05, 0) is 18.6 Å².